The van der Waals surface area contributed by atoms with E-state index in [2.05, 4.69) is 58.5 Å². The molecular formula is C23H39N5O. The summed E-state index contributed by atoms with van der Waals surface area (Å²) < 4.78 is 5.48. The van der Waals surface area contributed by atoms with Crippen molar-refractivity contribution in [1.29, 1.82) is 0 Å². The van der Waals surface area contributed by atoms with Crippen LogP contribution in [-0.4, -0.2) is 74.8 Å². The van der Waals surface area contributed by atoms with Gasteiger partial charge in [-0.25, -0.2) is 4.99 Å². The first kappa shape index (κ1) is 22.1. The Hall–Kier alpha value is -1.63. The lowest BCUT2D eigenvalue weighted by Crippen LogP contribution is -2.44. The van der Waals surface area contributed by atoms with E-state index in [1.54, 1.807) is 0 Å². The first-order chi connectivity index (χ1) is 14.3. The minimum atomic E-state index is 0.709. The van der Waals surface area contributed by atoms with Gasteiger partial charge in [-0.3, -0.25) is 4.90 Å². The zero-order valence-electron chi connectivity index (χ0n) is 18.3. The standard InChI is InChI=1S/C23H39N5O/c1-3-24-23(25-16-20-8-7-11-27(4-2)18-20)26-17-21-9-5-6-10-22(21)19-28-12-14-29-15-13-28/h5-6,9-10,20H,3-4,7-8,11-19H2,1-2H3,(H2,24,25,26). The van der Waals surface area contributed by atoms with Gasteiger partial charge in [0.25, 0.3) is 0 Å². The molecule has 0 aliphatic carbocycles. The molecule has 29 heavy (non-hydrogen) atoms. The third-order valence-corrected chi connectivity index (χ3v) is 5.98. The van der Waals surface area contributed by atoms with E-state index in [0.717, 1.165) is 58.4 Å². The Kier molecular flexibility index (Phi) is 9.25. The first-order valence-electron chi connectivity index (χ1n) is 11.4. The summed E-state index contributed by atoms with van der Waals surface area (Å²) in [5, 5.41) is 7.01. The molecule has 6 nitrogen and oxygen atoms in total. The van der Waals surface area contributed by atoms with Crippen molar-refractivity contribution in [2.45, 2.75) is 39.8 Å². The lowest BCUT2D eigenvalue weighted by atomic mass is 9.98. The van der Waals surface area contributed by atoms with E-state index in [1.165, 1.54) is 37.1 Å². The molecule has 2 aliphatic rings. The molecular weight excluding hydrogens is 362 g/mol. The summed E-state index contributed by atoms with van der Waals surface area (Å²) >= 11 is 0. The van der Waals surface area contributed by atoms with E-state index in [1.807, 2.05) is 0 Å². The van der Waals surface area contributed by atoms with Crippen LogP contribution in [0.4, 0.5) is 0 Å². The molecule has 0 spiro atoms. The number of ether oxygens (including phenoxy) is 1. The lowest BCUT2D eigenvalue weighted by molar-refractivity contribution is 0.0341. The molecule has 2 N–H and O–H groups in total. The number of hydrogen-bond acceptors (Lipinski definition) is 4. The fourth-order valence-corrected chi connectivity index (χ4v) is 4.22. The van der Waals surface area contributed by atoms with Gasteiger partial charge in [-0.05, 0) is 49.9 Å². The van der Waals surface area contributed by atoms with Crippen molar-refractivity contribution in [3.8, 4) is 0 Å². The van der Waals surface area contributed by atoms with Gasteiger partial charge in [-0.2, -0.15) is 0 Å². The third-order valence-electron chi connectivity index (χ3n) is 5.98. The largest absolute Gasteiger partial charge is 0.379 e. The molecule has 0 radical (unpaired) electrons. The van der Waals surface area contributed by atoms with Gasteiger partial charge in [0.1, 0.15) is 0 Å². The monoisotopic (exact) mass is 401 g/mol. The van der Waals surface area contributed by atoms with Crippen LogP contribution in [0.3, 0.4) is 0 Å². The van der Waals surface area contributed by atoms with Gasteiger partial charge in [-0.15, -0.1) is 0 Å². The topological polar surface area (TPSA) is 52.1 Å². The van der Waals surface area contributed by atoms with Crippen molar-refractivity contribution >= 4 is 5.96 Å². The number of morpholine rings is 1. The van der Waals surface area contributed by atoms with Crippen molar-refractivity contribution in [3.63, 3.8) is 0 Å². The number of nitrogens with zero attached hydrogens (tertiary/aromatic N) is 3. The number of likely N-dealkylation sites (tertiary alicyclic amines) is 1. The smallest absolute Gasteiger partial charge is 0.191 e. The fourth-order valence-electron chi connectivity index (χ4n) is 4.22. The SMILES string of the molecule is CCNC(=NCc1ccccc1CN1CCOCC1)NCC1CCCN(CC)C1. The Balaban J connectivity index is 1.56. The molecule has 1 aromatic rings. The number of piperidine rings is 1. The third kappa shape index (κ3) is 7.28. The Morgan fingerprint density at radius 3 is 2.62 bits per heavy atom. The molecule has 2 fully saturated rings. The van der Waals surface area contributed by atoms with Crippen molar-refractivity contribution in [3.05, 3.63) is 35.4 Å². The number of guanidine groups is 1. The summed E-state index contributed by atoms with van der Waals surface area (Å²) in [6.07, 6.45) is 2.62. The van der Waals surface area contributed by atoms with Gasteiger partial charge in [-0.1, -0.05) is 31.2 Å². The molecule has 2 heterocycles. The average Bonchev–Trinajstić information content (AvgIpc) is 2.77. The number of hydrogen-bond donors (Lipinski definition) is 2. The second-order valence-corrected chi connectivity index (χ2v) is 8.13. The summed E-state index contributed by atoms with van der Waals surface area (Å²) in [7, 11) is 0. The maximum absolute atomic E-state index is 5.48. The minimum absolute atomic E-state index is 0.709. The first-order valence-corrected chi connectivity index (χ1v) is 11.4. The molecule has 1 atom stereocenters. The van der Waals surface area contributed by atoms with Gasteiger partial charge >= 0.3 is 0 Å². The summed E-state index contributed by atoms with van der Waals surface area (Å²) in [6.45, 7) is 15.3. The molecule has 0 saturated carbocycles. The van der Waals surface area contributed by atoms with E-state index in [9.17, 15) is 0 Å². The molecule has 2 saturated heterocycles. The van der Waals surface area contributed by atoms with E-state index >= 15 is 0 Å². The van der Waals surface area contributed by atoms with Crippen LogP contribution >= 0.6 is 0 Å². The molecule has 1 aromatic carbocycles. The summed E-state index contributed by atoms with van der Waals surface area (Å²) in [4.78, 5) is 9.93. The van der Waals surface area contributed by atoms with Crippen LogP contribution in [-0.2, 0) is 17.8 Å². The van der Waals surface area contributed by atoms with Crippen LogP contribution in [0, 0.1) is 5.92 Å². The molecule has 162 valence electrons. The quantitative estimate of drug-likeness (QED) is 0.517. The molecule has 0 aromatic heterocycles. The van der Waals surface area contributed by atoms with Gasteiger partial charge in [0.15, 0.2) is 5.96 Å². The van der Waals surface area contributed by atoms with Gasteiger partial charge < -0.3 is 20.3 Å². The number of aliphatic imine (C=N–C) groups is 1. The second kappa shape index (κ2) is 12.2. The predicted molar refractivity (Wildman–Crippen MR) is 120 cm³/mol. The van der Waals surface area contributed by atoms with Crippen LogP contribution in [0.1, 0.15) is 37.8 Å². The second-order valence-electron chi connectivity index (χ2n) is 8.13. The number of rotatable bonds is 8. The maximum atomic E-state index is 5.48. The van der Waals surface area contributed by atoms with Crippen molar-refractivity contribution in [1.82, 2.24) is 20.4 Å². The fraction of sp³-hybridized carbons (Fsp3) is 0.696. The van der Waals surface area contributed by atoms with E-state index in [0.29, 0.717) is 12.5 Å². The Morgan fingerprint density at radius 1 is 1.07 bits per heavy atom. The molecule has 0 amide bonds. The van der Waals surface area contributed by atoms with Crippen LogP contribution < -0.4 is 10.6 Å². The van der Waals surface area contributed by atoms with Crippen LogP contribution in [0.25, 0.3) is 0 Å². The molecule has 1 unspecified atom stereocenters. The summed E-state index contributed by atoms with van der Waals surface area (Å²) in [5.74, 6) is 1.64. The highest BCUT2D eigenvalue weighted by molar-refractivity contribution is 5.79. The lowest BCUT2D eigenvalue weighted by Gasteiger charge is -2.32. The highest BCUT2D eigenvalue weighted by Gasteiger charge is 2.19. The number of benzene rings is 1. The van der Waals surface area contributed by atoms with Gasteiger partial charge in [0.05, 0.1) is 19.8 Å². The van der Waals surface area contributed by atoms with E-state index < -0.39 is 0 Å². The average molecular weight is 402 g/mol. The minimum Gasteiger partial charge on any atom is -0.379 e. The highest BCUT2D eigenvalue weighted by Crippen LogP contribution is 2.16. The van der Waals surface area contributed by atoms with Gasteiger partial charge in [0, 0.05) is 39.3 Å². The maximum Gasteiger partial charge on any atom is 0.191 e. The van der Waals surface area contributed by atoms with Crippen molar-refractivity contribution < 1.29 is 4.74 Å². The van der Waals surface area contributed by atoms with Crippen molar-refractivity contribution in [2.75, 3.05) is 59.0 Å². The molecule has 2 aliphatic heterocycles. The summed E-state index contributed by atoms with van der Waals surface area (Å²) in [5.41, 5.74) is 2.69. The van der Waals surface area contributed by atoms with Crippen LogP contribution in [0.15, 0.2) is 29.3 Å². The van der Waals surface area contributed by atoms with E-state index in [-0.39, 0.29) is 0 Å². The highest BCUT2D eigenvalue weighted by atomic mass is 16.5. The Labute approximate surface area is 176 Å². The predicted octanol–water partition coefficient (Wildman–Crippen LogP) is 2.31. The molecule has 0 bridgehead atoms. The van der Waals surface area contributed by atoms with Gasteiger partial charge in [0.2, 0.25) is 0 Å². The van der Waals surface area contributed by atoms with E-state index in [4.69, 9.17) is 9.73 Å². The van der Waals surface area contributed by atoms with Crippen molar-refractivity contribution in [2.24, 2.45) is 10.9 Å². The number of nitrogens with one attached hydrogen (secondary N) is 2. The Morgan fingerprint density at radius 2 is 1.86 bits per heavy atom. The summed E-state index contributed by atoms with van der Waals surface area (Å²) in [6, 6.07) is 8.70. The van der Waals surface area contributed by atoms with Crippen LogP contribution in [0.2, 0.25) is 0 Å². The normalized spacial score (nSPS) is 21.9. The molecule has 3 rings (SSSR count). The Bertz CT molecular complexity index is 629. The zero-order valence-corrected chi connectivity index (χ0v) is 18.3. The molecule has 6 heteroatoms. The van der Waals surface area contributed by atoms with Crippen LogP contribution in [0.5, 0.6) is 0 Å². The zero-order chi connectivity index (χ0) is 20.3.